The summed E-state index contributed by atoms with van der Waals surface area (Å²) in [6.45, 7) is 1.74. The monoisotopic (exact) mass is 222 g/mol. The van der Waals surface area contributed by atoms with Crippen LogP contribution in [0.5, 0.6) is 0 Å². The maximum absolute atomic E-state index is 11.2. The Morgan fingerprint density at radius 1 is 1.57 bits per heavy atom. The highest BCUT2D eigenvalue weighted by Crippen LogP contribution is 2.30. The molecular weight excluding hydrogens is 208 g/mol. The van der Waals surface area contributed by atoms with E-state index in [4.69, 9.17) is 21.1 Å². The van der Waals surface area contributed by atoms with Gasteiger partial charge < -0.3 is 14.2 Å². The highest BCUT2D eigenvalue weighted by atomic mass is 35.5. The fraction of sp³-hybridized carbons (Fsp3) is 0.889. The fourth-order valence-electron chi connectivity index (χ4n) is 1.54. The molecule has 1 aliphatic heterocycles. The maximum atomic E-state index is 11.2. The van der Waals surface area contributed by atoms with Crippen molar-refractivity contribution in [2.75, 3.05) is 14.2 Å². The molecular formula is C9H15ClO4. The molecule has 0 bridgehead atoms. The normalized spacial score (nSPS) is 34.1. The zero-order valence-corrected chi connectivity index (χ0v) is 9.28. The van der Waals surface area contributed by atoms with E-state index in [0.717, 1.165) is 0 Å². The van der Waals surface area contributed by atoms with Crippen molar-refractivity contribution in [1.82, 2.24) is 0 Å². The predicted octanol–water partition coefficient (Wildman–Crippen LogP) is 1.16. The summed E-state index contributed by atoms with van der Waals surface area (Å²) >= 11 is 6.03. The first kappa shape index (κ1) is 11.8. The molecule has 14 heavy (non-hydrogen) atoms. The molecule has 0 aromatic rings. The number of ether oxygens (including phenoxy) is 3. The third-order valence-electron chi connectivity index (χ3n) is 2.41. The summed E-state index contributed by atoms with van der Waals surface area (Å²) in [5.74, 6) is -0.667. The average Bonchev–Trinajstić information content (AvgIpc) is 2.57. The lowest BCUT2D eigenvalue weighted by Crippen LogP contribution is -2.32. The molecule has 0 radical (unpaired) electrons. The van der Waals surface area contributed by atoms with E-state index in [1.807, 2.05) is 0 Å². The molecule has 0 saturated carbocycles. The van der Waals surface area contributed by atoms with Gasteiger partial charge in [0.25, 0.3) is 0 Å². The molecule has 1 heterocycles. The molecule has 4 atom stereocenters. The number of hydrogen-bond acceptors (Lipinski definition) is 4. The van der Waals surface area contributed by atoms with Gasteiger partial charge in [-0.2, -0.15) is 0 Å². The highest BCUT2D eigenvalue weighted by Gasteiger charge is 2.40. The Hall–Kier alpha value is -0.320. The molecule has 1 rings (SSSR count). The molecule has 0 aliphatic carbocycles. The molecule has 5 heteroatoms. The number of hydrogen-bond donors (Lipinski definition) is 0. The maximum Gasteiger partial charge on any atom is 0.311 e. The third kappa shape index (κ3) is 2.38. The van der Waals surface area contributed by atoms with Gasteiger partial charge in [-0.05, 0) is 6.92 Å². The Morgan fingerprint density at radius 3 is 2.64 bits per heavy atom. The van der Waals surface area contributed by atoms with Gasteiger partial charge in [-0.15, -0.1) is 11.6 Å². The molecule has 1 aliphatic rings. The second-order valence-corrected chi connectivity index (χ2v) is 3.89. The van der Waals surface area contributed by atoms with E-state index in [0.29, 0.717) is 6.42 Å². The molecule has 4 nitrogen and oxygen atoms in total. The van der Waals surface area contributed by atoms with Gasteiger partial charge in [0, 0.05) is 13.5 Å². The largest absolute Gasteiger partial charge is 0.469 e. The van der Waals surface area contributed by atoms with Gasteiger partial charge in [0.2, 0.25) is 0 Å². The van der Waals surface area contributed by atoms with Crippen LogP contribution in [-0.2, 0) is 19.0 Å². The van der Waals surface area contributed by atoms with Crippen LogP contribution in [0.2, 0.25) is 0 Å². The zero-order chi connectivity index (χ0) is 10.7. The minimum absolute atomic E-state index is 0.200. The van der Waals surface area contributed by atoms with Crippen molar-refractivity contribution in [3.8, 4) is 0 Å². The Morgan fingerprint density at radius 2 is 2.21 bits per heavy atom. The van der Waals surface area contributed by atoms with E-state index in [2.05, 4.69) is 4.74 Å². The first-order valence-electron chi connectivity index (χ1n) is 4.50. The number of carbonyl (C=O) groups excluding carboxylic acids is 1. The minimum Gasteiger partial charge on any atom is -0.469 e. The molecule has 0 amide bonds. The van der Waals surface area contributed by atoms with Crippen molar-refractivity contribution < 1.29 is 19.0 Å². The fourth-order valence-corrected chi connectivity index (χ4v) is 1.96. The standard InChI is InChI=1S/C9H15ClO4/c1-5(9(11)13-3)8-6(10)4-7(12-2)14-8/h5-8H,4H2,1-3H3/t5-,6+,7+,8+/m0/s1. The molecule has 0 aromatic heterocycles. The van der Waals surface area contributed by atoms with Crippen molar-refractivity contribution in [3.05, 3.63) is 0 Å². The van der Waals surface area contributed by atoms with Gasteiger partial charge >= 0.3 is 5.97 Å². The lowest BCUT2D eigenvalue weighted by molar-refractivity contribution is -0.158. The van der Waals surface area contributed by atoms with E-state index in [9.17, 15) is 4.79 Å². The number of carbonyl (C=O) groups is 1. The molecule has 0 N–H and O–H groups in total. The molecule has 1 fully saturated rings. The van der Waals surface area contributed by atoms with Crippen LogP contribution in [0.15, 0.2) is 0 Å². The first-order chi connectivity index (χ1) is 6.60. The minimum atomic E-state index is -0.359. The second kappa shape index (κ2) is 4.96. The van der Waals surface area contributed by atoms with Gasteiger partial charge in [-0.25, -0.2) is 0 Å². The van der Waals surface area contributed by atoms with Gasteiger partial charge in [0.1, 0.15) is 0 Å². The summed E-state index contributed by atoms with van der Waals surface area (Å²) in [7, 11) is 2.91. The van der Waals surface area contributed by atoms with Gasteiger partial charge in [-0.3, -0.25) is 4.79 Å². The van der Waals surface area contributed by atoms with E-state index < -0.39 is 0 Å². The smallest absolute Gasteiger partial charge is 0.311 e. The lowest BCUT2D eigenvalue weighted by Gasteiger charge is -2.19. The molecule has 82 valence electrons. The quantitative estimate of drug-likeness (QED) is 0.531. The summed E-state index contributed by atoms with van der Waals surface area (Å²) in [6, 6.07) is 0. The summed E-state index contributed by atoms with van der Waals surface area (Å²) in [5, 5.41) is -0.200. The molecule has 0 aromatic carbocycles. The lowest BCUT2D eigenvalue weighted by atomic mass is 10.0. The number of halogens is 1. The van der Waals surface area contributed by atoms with E-state index in [-0.39, 0.29) is 29.7 Å². The number of alkyl halides is 1. The van der Waals surface area contributed by atoms with Gasteiger partial charge in [0.05, 0.1) is 24.5 Å². The summed E-state index contributed by atoms with van der Waals surface area (Å²) < 4.78 is 15.1. The highest BCUT2D eigenvalue weighted by molar-refractivity contribution is 6.21. The SMILES string of the molecule is COC(=O)[C@@H](C)[C@H]1O[C@@H](OC)C[C@H]1Cl. The molecule has 1 saturated heterocycles. The van der Waals surface area contributed by atoms with Crippen molar-refractivity contribution in [3.63, 3.8) is 0 Å². The Bertz CT molecular complexity index is 209. The van der Waals surface area contributed by atoms with Crippen LogP contribution in [0.4, 0.5) is 0 Å². The van der Waals surface area contributed by atoms with Gasteiger partial charge in [-0.1, -0.05) is 0 Å². The summed E-state index contributed by atoms with van der Waals surface area (Å²) in [4.78, 5) is 11.2. The number of esters is 1. The van der Waals surface area contributed by atoms with Crippen LogP contribution in [-0.4, -0.2) is 38.0 Å². The van der Waals surface area contributed by atoms with Crippen molar-refractivity contribution in [1.29, 1.82) is 0 Å². The van der Waals surface area contributed by atoms with Crippen molar-refractivity contribution >= 4 is 17.6 Å². The van der Waals surface area contributed by atoms with E-state index >= 15 is 0 Å². The predicted molar refractivity (Wildman–Crippen MR) is 51.1 cm³/mol. The zero-order valence-electron chi connectivity index (χ0n) is 8.53. The van der Waals surface area contributed by atoms with Crippen LogP contribution in [0.1, 0.15) is 13.3 Å². The van der Waals surface area contributed by atoms with Crippen molar-refractivity contribution in [2.24, 2.45) is 5.92 Å². The van der Waals surface area contributed by atoms with Crippen LogP contribution in [0.25, 0.3) is 0 Å². The topological polar surface area (TPSA) is 44.8 Å². The van der Waals surface area contributed by atoms with Gasteiger partial charge in [0.15, 0.2) is 6.29 Å². The van der Waals surface area contributed by atoms with Crippen LogP contribution in [0, 0.1) is 5.92 Å². The molecule has 0 spiro atoms. The van der Waals surface area contributed by atoms with Crippen LogP contribution < -0.4 is 0 Å². The second-order valence-electron chi connectivity index (χ2n) is 3.33. The van der Waals surface area contributed by atoms with Crippen LogP contribution in [0.3, 0.4) is 0 Å². The van der Waals surface area contributed by atoms with E-state index in [1.165, 1.54) is 7.11 Å². The average molecular weight is 223 g/mol. The van der Waals surface area contributed by atoms with E-state index in [1.54, 1.807) is 14.0 Å². The summed E-state index contributed by atoms with van der Waals surface area (Å²) in [6.07, 6.45) is -0.0342. The van der Waals surface area contributed by atoms with Crippen LogP contribution >= 0.6 is 11.6 Å². The third-order valence-corrected chi connectivity index (χ3v) is 2.84. The molecule has 0 unspecified atom stereocenters. The Balaban J connectivity index is 2.56. The van der Waals surface area contributed by atoms with Crippen molar-refractivity contribution in [2.45, 2.75) is 31.1 Å². The number of rotatable bonds is 3. The first-order valence-corrected chi connectivity index (χ1v) is 4.94. The Kier molecular flexibility index (Phi) is 4.16. The Labute approximate surface area is 88.5 Å². The number of methoxy groups -OCH3 is 2. The summed E-state index contributed by atoms with van der Waals surface area (Å²) in [5.41, 5.74) is 0.